The molecule has 0 atom stereocenters. The van der Waals surface area contributed by atoms with Gasteiger partial charge in [0.25, 0.3) is 0 Å². The fraction of sp³-hybridized carbons (Fsp3) is 0.385. The lowest BCUT2D eigenvalue weighted by molar-refractivity contribution is 0.517. The van der Waals surface area contributed by atoms with Crippen molar-refractivity contribution in [3.63, 3.8) is 0 Å². The van der Waals surface area contributed by atoms with Crippen LogP contribution in [0.3, 0.4) is 0 Å². The van der Waals surface area contributed by atoms with Crippen molar-refractivity contribution in [2.45, 2.75) is 19.5 Å². The first-order valence-electron chi connectivity index (χ1n) is 6.41. The second kappa shape index (κ2) is 5.27. The smallest absolute Gasteiger partial charge is 0.224 e. The summed E-state index contributed by atoms with van der Waals surface area (Å²) in [6.45, 7) is 2.39. The van der Waals surface area contributed by atoms with E-state index in [0.29, 0.717) is 12.5 Å². The van der Waals surface area contributed by atoms with E-state index in [-0.39, 0.29) is 0 Å². The van der Waals surface area contributed by atoms with Crippen molar-refractivity contribution in [1.29, 1.82) is 0 Å². The van der Waals surface area contributed by atoms with Gasteiger partial charge in [-0.05, 0) is 12.1 Å². The first-order valence-corrected chi connectivity index (χ1v) is 6.41. The molecule has 2 aromatic rings. The maximum Gasteiger partial charge on any atom is 0.224 e. The first kappa shape index (κ1) is 12.0. The van der Waals surface area contributed by atoms with Gasteiger partial charge in [-0.15, -0.1) is 0 Å². The molecule has 1 aliphatic rings. The highest BCUT2D eigenvalue weighted by Gasteiger charge is 2.17. The number of nitrogens with one attached hydrogen (secondary N) is 3. The molecule has 0 spiro atoms. The van der Waals surface area contributed by atoms with Crippen molar-refractivity contribution >= 4 is 11.8 Å². The lowest BCUT2D eigenvalue weighted by Crippen LogP contribution is -2.26. The van der Waals surface area contributed by atoms with Crippen LogP contribution in [0.4, 0.5) is 11.8 Å². The molecule has 3 heterocycles. The van der Waals surface area contributed by atoms with E-state index >= 15 is 0 Å². The van der Waals surface area contributed by atoms with Gasteiger partial charge >= 0.3 is 0 Å². The summed E-state index contributed by atoms with van der Waals surface area (Å²) in [7, 11) is 1.83. The van der Waals surface area contributed by atoms with Gasteiger partial charge < -0.3 is 20.4 Å². The highest BCUT2D eigenvalue weighted by atomic mass is 16.3. The number of fused-ring (bicyclic) bond motifs is 1. The lowest BCUT2D eigenvalue weighted by atomic mass is 10.1. The zero-order valence-corrected chi connectivity index (χ0v) is 10.9. The molecule has 0 bridgehead atoms. The van der Waals surface area contributed by atoms with E-state index in [2.05, 4.69) is 25.9 Å². The minimum absolute atomic E-state index is 0.625. The Morgan fingerprint density at radius 3 is 3.16 bits per heavy atom. The Hall–Kier alpha value is -2.08. The highest BCUT2D eigenvalue weighted by molar-refractivity contribution is 5.51. The molecular formula is C13H17N5O. The highest BCUT2D eigenvalue weighted by Crippen LogP contribution is 2.22. The monoisotopic (exact) mass is 259 g/mol. The van der Waals surface area contributed by atoms with Crippen molar-refractivity contribution in [2.24, 2.45) is 0 Å². The van der Waals surface area contributed by atoms with Gasteiger partial charge in [0.05, 0.1) is 18.5 Å². The minimum Gasteiger partial charge on any atom is -0.467 e. The van der Waals surface area contributed by atoms with Crippen molar-refractivity contribution in [3.05, 3.63) is 35.4 Å². The summed E-state index contributed by atoms with van der Waals surface area (Å²) in [5.41, 5.74) is 2.26. The Kier molecular flexibility index (Phi) is 3.33. The maximum absolute atomic E-state index is 5.32. The van der Waals surface area contributed by atoms with Gasteiger partial charge in [0, 0.05) is 32.1 Å². The topological polar surface area (TPSA) is 75.0 Å². The van der Waals surface area contributed by atoms with Crippen LogP contribution in [0.5, 0.6) is 0 Å². The van der Waals surface area contributed by atoms with Crippen molar-refractivity contribution in [3.8, 4) is 0 Å². The van der Waals surface area contributed by atoms with Crippen molar-refractivity contribution < 1.29 is 4.42 Å². The predicted octanol–water partition coefficient (Wildman–Crippen LogP) is 1.37. The molecule has 19 heavy (non-hydrogen) atoms. The summed E-state index contributed by atoms with van der Waals surface area (Å²) < 4.78 is 5.32. The van der Waals surface area contributed by atoms with Crippen LogP contribution in [-0.2, 0) is 19.5 Å². The standard InChI is InChI=1S/C13H17N5O/c1-14-13-17-11-4-5-15-8-10(11)12(18-13)16-7-9-3-2-6-19-9/h2-3,6,15H,4-5,7-8H2,1H3,(H2,14,16,17,18). The Labute approximate surface area is 111 Å². The van der Waals surface area contributed by atoms with E-state index in [4.69, 9.17) is 4.42 Å². The molecule has 0 amide bonds. The molecule has 6 nitrogen and oxygen atoms in total. The van der Waals surface area contributed by atoms with Crippen LogP contribution < -0.4 is 16.0 Å². The van der Waals surface area contributed by atoms with Gasteiger partial charge in [-0.2, -0.15) is 4.98 Å². The van der Waals surface area contributed by atoms with Crippen molar-refractivity contribution in [1.82, 2.24) is 15.3 Å². The Morgan fingerprint density at radius 1 is 1.42 bits per heavy atom. The first-order chi connectivity index (χ1) is 9.36. The molecule has 3 rings (SSSR count). The average Bonchev–Trinajstić information content (AvgIpc) is 2.97. The minimum atomic E-state index is 0.625. The number of rotatable bonds is 4. The van der Waals surface area contributed by atoms with Crippen LogP contribution in [0.15, 0.2) is 22.8 Å². The predicted molar refractivity (Wildman–Crippen MR) is 73.0 cm³/mol. The molecule has 0 saturated carbocycles. The summed E-state index contributed by atoms with van der Waals surface area (Å²) >= 11 is 0. The third-order valence-electron chi connectivity index (χ3n) is 3.17. The summed E-state index contributed by atoms with van der Waals surface area (Å²) in [6, 6.07) is 3.82. The van der Waals surface area contributed by atoms with Crippen LogP contribution in [0.2, 0.25) is 0 Å². The lowest BCUT2D eigenvalue weighted by Gasteiger charge is -2.20. The second-order valence-electron chi connectivity index (χ2n) is 4.43. The van der Waals surface area contributed by atoms with Crippen LogP contribution in [0.1, 0.15) is 17.0 Å². The summed E-state index contributed by atoms with van der Waals surface area (Å²) in [6.07, 6.45) is 2.61. The van der Waals surface area contributed by atoms with E-state index < -0.39 is 0 Å². The molecule has 0 aromatic carbocycles. The summed E-state index contributed by atoms with van der Waals surface area (Å²) in [5, 5.41) is 9.68. The molecule has 0 aliphatic carbocycles. The van der Waals surface area contributed by atoms with E-state index in [9.17, 15) is 0 Å². The molecule has 1 aliphatic heterocycles. The molecule has 0 fully saturated rings. The number of anilines is 2. The zero-order valence-electron chi connectivity index (χ0n) is 10.9. The normalized spacial score (nSPS) is 13.9. The van der Waals surface area contributed by atoms with E-state index in [1.54, 1.807) is 6.26 Å². The van der Waals surface area contributed by atoms with Gasteiger partial charge in [-0.25, -0.2) is 4.98 Å². The quantitative estimate of drug-likeness (QED) is 0.770. The maximum atomic E-state index is 5.32. The third-order valence-corrected chi connectivity index (χ3v) is 3.17. The summed E-state index contributed by atoms with van der Waals surface area (Å²) in [5.74, 6) is 2.42. The second-order valence-corrected chi connectivity index (χ2v) is 4.43. The number of nitrogens with zero attached hydrogens (tertiary/aromatic N) is 2. The third kappa shape index (κ3) is 2.53. The summed E-state index contributed by atoms with van der Waals surface area (Å²) in [4.78, 5) is 9.00. The molecule has 0 saturated heterocycles. The van der Waals surface area contributed by atoms with Gasteiger partial charge in [0.1, 0.15) is 11.6 Å². The van der Waals surface area contributed by atoms with Crippen LogP contribution in [-0.4, -0.2) is 23.6 Å². The number of hydrogen-bond donors (Lipinski definition) is 3. The van der Waals surface area contributed by atoms with Gasteiger partial charge in [-0.1, -0.05) is 0 Å². The van der Waals surface area contributed by atoms with Gasteiger partial charge in [0.2, 0.25) is 5.95 Å². The number of aromatic nitrogens is 2. The molecule has 0 radical (unpaired) electrons. The largest absolute Gasteiger partial charge is 0.467 e. The molecule has 6 heteroatoms. The molecule has 2 aromatic heterocycles. The fourth-order valence-electron chi connectivity index (χ4n) is 2.19. The Morgan fingerprint density at radius 2 is 2.37 bits per heavy atom. The van der Waals surface area contributed by atoms with Crippen LogP contribution >= 0.6 is 0 Å². The molecular weight excluding hydrogens is 242 g/mol. The molecule has 0 unspecified atom stereocenters. The van der Waals surface area contributed by atoms with E-state index in [0.717, 1.165) is 42.3 Å². The van der Waals surface area contributed by atoms with Crippen molar-refractivity contribution in [2.75, 3.05) is 24.2 Å². The Bertz CT molecular complexity index is 552. The van der Waals surface area contributed by atoms with E-state index in [1.165, 1.54) is 0 Å². The van der Waals surface area contributed by atoms with Gasteiger partial charge in [-0.3, -0.25) is 0 Å². The van der Waals surface area contributed by atoms with E-state index in [1.807, 2.05) is 19.2 Å². The van der Waals surface area contributed by atoms with Crippen LogP contribution in [0.25, 0.3) is 0 Å². The zero-order chi connectivity index (χ0) is 13.1. The van der Waals surface area contributed by atoms with Crippen LogP contribution in [0, 0.1) is 0 Å². The van der Waals surface area contributed by atoms with Gasteiger partial charge in [0.15, 0.2) is 0 Å². The molecule has 100 valence electrons. The molecule has 3 N–H and O–H groups in total. The Balaban J connectivity index is 1.86. The fourth-order valence-corrected chi connectivity index (χ4v) is 2.19. The SMILES string of the molecule is CNc1nc2c(c(NCc3ccco3)n1)CNCC2. The average molecular weight is 259 g/mol. The number of hydrogen-bond acceptors (Lipinski definition) is 6. The number of furan rings is 1.